The lowest BCUT2D eigenvalue weighted by Gasteiger charge is -2.27. The second-order valence-electron chi connectivity index (χ2n) is 15.4. The lowest BCUT2D eigenvalue weighted by molar-refractivity contribution is 0.660. The van der Waals surface area contributed by atoms with Crippen molar-refractivity contribution in [1.29, 1.82) is 0 Å². The Kier molecular flexibility index (Phi) is 6.93. The summed E-state index contributed by atoms with van der Waals surface area (Å²) in [4.78, 5) is 2.41. The topological polar surface area (TPSA) is 8.17 Å². The molecular weight excluding hydrogens is 665 g/mol. The lowest BCUT2D eigenvalue weighted by atomic mass is 9.82. The molecule has 2 nitrogen and oxygen atoms in total. The molecule has 0 N–H and O–H groups in total. The van der Waals surface area contributed by atoms with Gasteiger partial charge in [0.15, 0.2) is 0 Å². The third kappa shape index (κ3) is 4.81. The van der Waals surface area contributed by atoms with Crippen LogP contribution in [0, 0.1) is 0 Å². The van der Waals surface area contributed by atoms with Gasteiger partial charge in [0.25, 0.3) is 0 Å². The zero-order valence-corrected chi connectivity index (χ0v) is 30.9. The standard InChI is InChI=1S/C53H38N2/c1-53(2)49-19-8-5-14-45(49)48-34-40(31-33-50(48)53)54(38-27-29-39(30-28-38)55-51-20-9-6-15-46(51)47-16-7-10-21-52(47)55)37-25-22-36(23-26-37)42-17-11-18-43-41-13-4-3-12-35(41)24-32-44(42)43/h3-34H,1-2H3. The van der Waals surface area contributed by atoms with Crippen molar-refractivity contribution in [2.45, 2.75) is 19.3 Å². The minimum atomic E-state index is -0.0509. The van der Waals surface area contributed by atoms with Crippen LogP contribution in [0.15, 0.2) is 194 Å². The first kappa shape index (κ1) is 31.6. The van der Waals surface area contributed by atoms with Crippen molar-refractivity contribution in [3.8, 4) is 27.9 Å². The molecule has 0 amide bonds. The van der Waals surface area contributed by atoms with Crippen molar-refractivity contribution in [3.63, 3.8) is 0 Å². The Balaban J connectivity index is 1.05. The summed E-state index contributed by atoms with van der Waals surface area (Å²) < 4.78 is 2.38. The number of rotatable bonds is 5. The summed E-state index contributed by atoms with van der Waals surface area (Å²) in [7, 11) is 0. The number of fused-ring (bicyclic) bond motifs is 9. The molecule has 55 heavy (non-hydrogen) atoms. The van der Waals surface area contributed by atoms with Crippen LogP contribution in [0.3, 0.4) is 0 Å². The Bertz CT molecular complexity index is 3060. The van der Waals surface area contributed by atoms with E-state index in [4.69, 9.17) is 0 Å². The number of hydrogen-bond donors (Lipinski definition) is 0. The summed E-state index contributed by atoms with van der Waals surface area (Å²) in [5.41, 5.74) is 14.7. The van der Waals surface area contributed by atoms with Crippen molar-refractivity contribution in [1.82, 2.24) is 4.57 Å². The highest BCUT2D eigenvalue weighted by molar-refractivity contribution is 6.12. The highest BCUT2D eigenvalue weighted by Gasteiger charge is 2.35. The second kappa shape index (κ2) is 12.1. The summed E-state index contributed by atoms with van der Waals surface area (Å²) in [5, 5.41) is 7.64. The normalized spacial score (nSPS) is 13.1. The third-order valence-corrected chi connectivity index (χ3v) is 12.0. The molecule has 0 radical (unpaired) electrons. The molecule has 260 valence electrons. The van der Waals surface area contributed by atoms with E-state index in [-0.39, 0.29) is 5.41 Å². The van der Waals surface area contributed by atoms with Crippen molar-refractivity contribution < 1.29 is 0 Å². The van der Waals surface area contributed by atoms with E-state index in [1.54, 1.807) is 0 Å². The van der Waals surface area contributed by atoms with E-state index >= 15 is 0 Å². The molecule has 9 aromatic carbocycles. The van der Waals surface area contributed by atoms with E-state index in [1.165, 1.54) is 76.7 Å². The molecule has 2 heteroatoms. The SMILES string of the molecule is CC1(C)c2ccccc2-c2cc(N(c3ccc(-c4cccc5c4ccc4ccccc45)cc3)c3ccc(-n4c5ccccc5c5ccccc54)cc3)ccc21. The van der Waals surface area contributed by atoms with Gasteiger partial charge in [0, 0.05) is 38.9 Å². The molecule has 0 aliphatic heterocycles. The number of anilines is 3. The third-order valence-electron chi connectivity index (χ3n) is 12.0. The Labute approximate surface area is 321 Å². The Morgan fingerprint density at radius 3 is 1.69 bits per heavy atom. The van der Waals surface area contributed by atoms with Gasteiger partial charge >= 0.3 is 0 Å². The maximum Gasteiger partial charge on any atom is 0.0541 e. The van der Waals surface area contributed by atoms with Gasteiger partial charge < -0.3 is 9.47 Å². The summed E-state index contributed by atoms with van der Waals surface area (Å²) in [6.07, 6.45) is 0. The molecule has 10 aromatic rings. The van der Waals surface area contributed by atoms with Crippen molar-refractivity contribution >= 4 is 60.4 Å². The maximum atomic E-state index is 2.41. The molecule has 0 fully saturated rings. The van der Waals surface area contributed by atoms with Crippen molar-refractivity contribution in [3.05, 3.63) is 205 Å². The molecule has 0 saturated carbocycles. The van der Waals surface area contributed by atoms with Gasteiger partial charge in [-0.25, -0.2) is 0 Å². The fourth-order valence-electron chi connectivity index (χ4n) is 9.33. The summed E-state index contributed by atoms with van der Waals surface area (Å²) in [6.45, 7) is 4.69. The summed E-state index contributed by atoms with van der Waals surface area (Å²) in [6, 6.07) is 71.4. The van der Waals surface area contributed by atoms with Crippen LogP contribution in [-0.4, -0.2) is 4.57 Å². The molecule has 0 spiro atoms. The van der Waals surface area contributed by atoms with E-state index < -0.39 is 0 Å². The van der Waals surface area contributed by atoms with Crippen LogP contribution < -0.4 is 4.90 Å². The van der Waals surface area contributed by atoms with Crippen molar-refractivity contribution in [2.75, 3.05) is 4.90 Å². The fraction of sp³-hybridized carbons (Fsp3) is 0.0566. The average molecular weight is 703 g/mol. The van der Waals surface area contributed by atoms with Gasteiger partial charge in [0.05, 0.1) is 11.0 Å². The second-order valence-corrected chi connectivity index (χ2v) is 15.4. The van der Waals surface area contributed by atoms with Gasteiger partial charge in [0.2, 0.25) is 0 Å². The smallest absolute Gasteiger partial charge is 0.0541 e. The van der Waals surface area contributed by atoms with Gasteiger partial charge in [0.1, 0.15) is 0 Å². The maximum absolute atomic E-state index is 2.41. The van der Waals surface area contributed by atoms with Gasteiger partial charge in [-0.1, -0.05) is 147 Å². The van der Waals surface area contributed by atoms with Gasteiger partial charge in [-0.3, -0.25) is 0 Å². The van der Waals surface area contributed by atoms with Crippen LogP contribution in [0.4, 0.5) is 17.1 Å². The molecule has 1 aliphatic carbocycles. The van der Waals surface area contributed by atoms with Crippen molar-refractivity contribution in [2.24, 2.45) is 0 Å². The summed E-state index contributed by atoms with van der Waals surface area (Å²) >= 11 is 0. The number of benzene rings is 9. The molecular formula is C53H38N2. The van der Waals surface area contributed by atoms with Gasteiger partial charge in [-0.2, -0.15) is 0 Å². The quantitative estimate of drug-likeness (QED) is 0.162. The van der Waals surface area contributed by atoms with Crippen LogP contribution in [0.2, 0.25) is 0 Å². The van der Waals surface area contributed by atoms with Crippen LogP contribution in [0.1, 0.15) is 25.0 Å². The zero-order chi connectivity index (χ0) is 36.7. The van der Waals surface area contributed by atoms with E-state index in [9.17, 15) is 0 Å². The zero-order valence-electron chi connectivity index (χ0n) is 30.9. The molecule has 0 atom stereocenters. The van der Waals surface area contributed by atoms with E-state index in [0.717, 1.165) is 22.7 Å². The Morgan fingerprint density at radius 1 is 0.382 bits per heavy atom. The highest BCUT2D eigenvalue weighted by atomic mass is 15.1. The monoisotopic (exact) mass is 702 g/mol. The Hall–Kier alpha value is -6.90. The van der Waals surface area contributed by atoms with E-state index in [1.807, 2.05) is 0 Å². The first-order valence-corrected chi connectivity index (χ1v) is 19.2. The molecule has 0 unspecified atom stereocenters. The summed E-state index contributed by atoms with van der Waals surface area (Å²) in [5.74, 6) is 0. The molecule has 1 aliphatic rings. The average Bonchev–Trinajstić information content (AvgIpc) is 3.69. The lowest BCUT2D eigenvalue weighted by Crippen LogP contribution is -2.15. The minimum absolute atomic E-state index is 0.0509. The van der Waals surface area contributed by atoms with Crippen LogP contribution in [0.25, 0.3) is 71.3 Å². The number of hydrogen-bond acceptors (Lipinski definition) is 1. The molecule has 0 bridgehead atoms. The van der Waals surface area contributed by atoms with Crippen LogP contribution in [0.5, 0.6) is 0 Å². The largest absolute Gasteiger partial charge is 0.310 e. The molecule has 1 heterocycles. The first-order valence-electron chi connectivity index (χ1n) is 19.2. The number of para-hydroxylation sites is 2. The highest BCUT2D eigenvalue weighted by Crippen LogP contribution is 2.50. The predicted octanol–water partition coefficient (Wildman–Crippen LogP) is 14.5. The molecule has 0 saturated heterocycles. The van der Waals surface area contributed by atoms with Crippen LogP contribution >= 0.6 is 0 Å². The van der Waals surface area contributed by atoms with Crippen LogP contribution in [-0.2, 0) is 5.41 Å². The molecule has 1 aromatic heterocycles. The minimum Gasteiger partial charge on any atom is -0.310 e. The number of aromatic nitrogens is 1. The van der Waals surface area contributed by atoms with E-state index in [2.05, 4.69) is 217 Å². The van der Waals surface area contributed by atoms with Gasteiger partial charge in [-0.15, -0.1) is 0 Å². The number of nitrogens with zero attached hydrogens (tertiary/aromatic N) is 2. The first-order chi connectivity index (χ1) is 27.0. The Morgan fingerprint density at radius 2 is 0.945 bits per heavy atom. The molecule has 11 rings (SSSR count). The predicted molar refractivity (Wildman–Crippen MR) is 233 cm³/mol. The van der Waals surface area contributed by atoms with Gasteiger partial charge in [-0.05, 0) is 116 Å². The van der Waals surface area contributed by atoms with E-state index in [0.29, 0.717) is 0 Å². The fourth-order valence-corrected chi connectivity index (χ4v) is 9.33.